The van der Waals surface area contributed by atoms with Crippen LogP contribution in [0.25, 0.3) is 0 Å². The van der Waals surface area contributed by atoms with Gasteiger partial charge in [-0.2, -0.15) is 0 Å². The van der Waals surface area contributed by atoms with Crippen LogP contribution in [-0.2, 0) is 0 Å². The molecule has 0 amide bonds. The van der Waals surface area contributed by atoms with E-state index in [9.17, 15) is 8.78 Å². The summed E-state index contributed by atoms with van der Waals surface area (Å²) in [5.74, 6) is 0.659. The molecular weight excluding hydrogens is 312 g/mol. The van der Waals surface area contributed by atoms with E-state index in [-0.39, 0.29) is 18.0 Å². The average Bonchev–Trinajstić information content (AvgIpc) is 3.05. The van der Waals surface area contributed by atoms with Gasteiger partial charge < -0.3 is 9.47 Å². The summed E-state index contributed by atoms with van der Waals surface area (Å²) in [7, 11) is 0. The van der Waals surface area contributed by atoms with Gasteiger partial charge in [-0.3, -0.25) is 4.90 Å². The molecule has 2 heterocycles. The summed E-state index contributed by atoms with van der Waals surface area (Å²) in [6.07, 6.45) is 1.49. The number of fused-ring (bicyclic) bond motifs is 1. The lowest BCUT2D eigenvalue weighted by Crippen LogP contribution is -2.36. The van der Waals surface area contributed by atoms with Crippen LogP contribution in [0, 0.1) is 18.2 Å². The van der Waals surface area contributed by atoms with Gasteiger partial charge in [0.05, 0.1) is 6.54 Å². The molecular formula is C19H18F2NO2. The lowest BCUT2D eigenvalue weighted by molar-refractivity contribution is 0.0833. The molecule has 2 aliphatic heterocycles. The van der Waals surface area contributed by atoms with Crippen molar-refractivity contribution in [3.05, 3.63) is 66.2 Å². The fourth-order valence-electron chi connectivity index (χ4n) is 3.39. The molecule has 4 rings (SSSR count). The van der Waals surface area contributed by atoms with Crippen molar-refractivity contribution < 1.29 is 18.3 Å². The largest absolute Gasteiger partial charge is 0.486 e. The summed E-state index contributed by atoms with van der Waals surface area (Å²) in [6.45, 7) is 3.14. The number of likely N-dealkylation sites (tertiary alicyclic amines) is 1. The minimum absolute atomic E-state index is 0.165. The van der Waals surface area contributed by atoms with Crippen LogP contribution in [0.1, 0.15) is 24.4 Å². The van der Waals surface area contributed by atoms with E-state index in [0.717, 1.165) is 31.2 Å². The first-order valence-corrected chi connectivity index (χ1v) is 8.15. The number of ether oxygens (including phenoxy) is 2. The predicted molar refractivity (Wildman–Crippen MR) is 85.7 cm³/mol. The van der Waals surface area contributed by atoms with Crippen LogP contribution in [0.3, 0.4) is 0 Å². The Bertz CT molecular complexity index is 737. The molecule has 0 aromatic heterocycles. The summed E-state index contributed by atoms with van der Waals surface area (Å²) >= 11 is 0. The zero-order chi connectivity index (χ0) is 16.5. The van der Waals surface area contributed by atoms with Crippen LogP contribution in [0.15, 0.2) is 42.5 Å². The van der Waals surface area contributed by atoms with Gasteiger partial charge in [-0.25, -0.2) is 8.78 Å². The Morgan fingerprint density at radius 3 is 2.79 bits per heavy atom. The van der Waals surface area contributed by atoms with Gasteiger partial charge in [-0.05, 0) is 49.7 Å². The molecule has 0 aliphatic carbocycles. The lowest BCUT2D eigenvalue weighted by Gasteiger charge is -2.32. The molecule has 0 bridgehead atoms. The maximum absolute atomic E-state index is 14.1. The van der Waals surface area contributed by atoms with Gasteiger partial charge in [0.1, 0.15) is 24.3 Å². The van der Waals surface area contributed by atoms with Crippen molar-refractivity contribution in [2.24, 2.45) is 0 Å². The summed E-state index contributed by atoms with van der Waals surface area (Å²) in [5.41, 5.74) is 0.404. The summed E-state index contributed by atoms with van der Waals surface area (Å²) in [5, 5.41) is 0. The summed E-state index contributed by atoms with van der Waals surface area (Å²) < 4.78 is 39.3. The Kier molecular flexibility index (Phi) is 4.10. The monoisotopic (exact) mass is 330 g/mol. The van der Waals surface area contributed by atoms with Crippen LogP contribution in [0.5, 0.6) is 11.5 Å². The average molecular weight is 330 g/mol. The fraction of sp³-hybridized carbons (Fsp3) is 0.316. The molecule has 0 saturated carbocycles. The minimum atomic E-state index is -0.413. The molecule has 1 unspecified atom stereocenters. The topological polar surface area (TPSA) is 21.7 Å². The number of rotatable bonds is 3. The van der Waals surface area contributed by atoms with Crippen molar-refractivity contribution >= 4 is 0 Å². The quantitative estimate of drug-likeness (QED) is 0.845. The highest BCUT2D eigenvalue weighted by molar-refractivity contribution is 5.41. The first kappa shape index (κ1) is 15.4. The second-order valence-corrected chi connectivity index (χ2v) is 6.12. The van der Waals surface area contributed by atoms with Crippen molar-refractivity contribution in [3.8, 4) is 11.5 Å². The molecule has 24 heavy (non-hydrogen) atoms. The smallest absolute Gasteiger partial charge is 0.161 e. The van der Waals surface area contributed by atoms with E-state index < -0.39 is 5.82 Å². The zero-order valence-electron chi connectivity index (χ0n) is 13.1. The lowest BCUT2D eigenvalue weighted by atomic mass is 10.0. The Hall–Kier alpha value is -2.14. The third-order valence-electron chi connectivity index (χ3n) is 4.50. The van der Waals surface area contributed by atoms with E-state index in [1.807, 2.05) is 35.7 Å². The SMILES string of the molecule is Fc1ccc(F)c([C@H]2CCCN2[CH]C2COc3ccccc3O2)c1. The number of benzene rings is 2. The number of hydrogen-bond donors (Lipinski definition) is 0. The van der Waals surface area contributed by atoms with E-state index in [0.29, 0.717) is 17.9 Å². The molecule has 1 radical (unpaired) electrons. The molecule has 2 atom stereocenters. The summed E-state index contributed by atoms with van der Waals surface area (Å²) in [6, 6.07) is 11.0. The van der Waals surface area contributed by atoms with Crippen LogP contribution >= 0.6 is 0 Å². The molecule has 1 saturated heterocycles. The highest BCUT2D eigenvalue weighted by atomic mass is 19.1. The molecule has 2 aliphatic rings. The zero-order valence-corrected chi connectivity index (χ0v) is 13.1. The normalized spacial score (nSPS) is 23.4. The van der Waals surface area contributed by atoms with Crippen molar-refractivity contribution in [1.82, 2.24) is 4.90 Å². The van der Waals surface area contributed by atoms with Crippen molar-refractivity contribution in [2.75, 3.05) is 13.2 Å². The van der Waals surface area contributed by atoms with Gasteiger partial charge in [0, 0.05) is 11.6 Å². The second-order valence-electron chi connectivity index (χ2n) is 6.12. The first-order valence-electron chi connectivity index (χ1n) is 8.15. The van der Waals surface area contributed by atoms with Gasteiger partial charge in [0.25, 0.3) is 0 Å². The Labute approximate surface area is 139 Å². The number of hydrogen-bond acceptors (Lipinski definition) is 3. The number of nitrogens with zero attached hydrogens (tertiary/aromatic N) is 1. The number of para-hydroxylation sites is 2. The first-order chi connectivity index (χ1) is 11.7. The van der Waals surface area contributed by atoms with Crippen molar-refractivity contribution in [2.45, 2.75) is 25.0 Å². The maximum Gasteiger partial charge on any atom is 0.161 e. The highest BCUT2D eigenvalue weighted by Crippen LogP contribution is 2.37. The van der Waals surface area contributed by atoms with E-state index >= 15 is 0 Å². The molecule has 0 spiro atoms. The molecule has 3 nitrogen and oxygen atoms in total. The van der Waals surface area contributed by atoms with Gasteiger partial charge in [0.2, 0.25) is 0 Å². The third kappa shape index (κ3) is 2.96. The molecule has 2 aromatic carbocycles. The van der Waals surface area contributed by atoms with Crippen LogP contribution in [0.2, 0.25) is 0 Å². The minimum Gasteiger partial charge on any atom is -0.486 e. The van der Waals surface area contributed by atoms with E-state index in [4.69, 9.17) is 9.47 Å². The van der Waals surface area contributed by atoms with E-state index in [1.165, 1.54) is 12.1 Å². The van der Waals surface area contributed by atoms with Crippen LogP contribution in [0.4, 0.5) is 8.78 Å². The maximum atomic E-state index is 14.1. The van der Waals surface area contributed by atoms with Gasteiger partial charge in [0.15, 0.2) is 11.5 Å². The molecule has 1 fully saturated rings. The molecule has 125 valence electrons. The van der Waals surface area contributed by atoms with Gasteiger partial charge >= 0.3 is 0 Å². The van der Waals surface area contributed by atoms with Crippen molar-refractivity contribution in [3.63, 3.8) is 0 Å². The van der Waals surface area contributed by atoms with Gasteiger partial charge in [-0.1, -0.05) is 12.1 Å². The number of halogens is 2. The van der Waals surface area contributed by atoms with Crippen LogP contribution < -0.4 is 9.47 Å². The standard InChI is InChI=1S/C19H18F2NO2/c20-13-7-8-16(21)15(10-13)17-4-3-9-22(17)11-14-12-23-18-5-1-2-6-19(18)24-14/h1-2,5-8,10-11,14,17H,3-4,9,12H2/t14?,17-/m1/s1. The summed E-state index contributed by atoms with van der Waals surface area (Å²) in [4.78, 5) is 2.04. The Balaban J connectivity index is 1.49. The van der Waals surface area contributed by atoms with Crippen molar-refractivity contribution in [1.29, 1.82) is 0 Å². The highest BCUT2D eigenvalue weighted by Gasteiger charge is 2.32. The molecule has 5 heteroatoms. The second kappa shape index (κ2) is 6.40. The van der Waals surface area contributed by atoms with E-state index in [2.05, 4.69) is 0 Å². The van der Waals surface area contributed by atoms with E-state index in [1.54, 1.807) is 0 Å². The molecule has 2 aromatic rings. The fourth-order valence-corrected chi connectivity index (χ4v) is 3.39. The Morgan fingerprint density at radius 1 is 1.08 bits per heavy atom. The third-order valence-corrected chi connectivity index (χ3v) is 4.50. The van der Waals surface area contributed by atoms with Crippen LogP contribution in [-0.4, -0.2) is 24.2 Å². The predicted octanol–water partition coefficient (Wildman–Crippen LogP) is 4.10. The molecule has 0 N–H and O–H groups in total. The van der Waals surface area contributed by atoms with Gasteiger partial charge in [-0.15, -0.1) is 0 Å². The Morgan fingerprint density at radius 2 is 1.92 bits per heavy atom.